The number of carbonyl (C=O) groups excluding carboxylic acids is 1. The van der Waals surface area contributed by atoms with Crippen LogP contribution in [0.2, 0.25) is 0 Å². The van der Waals surface area contributed by atoms with Gasteiger partial charge in [0.25, 0.3) is 5.91 Å². The summed E-state index contributed by atoms with van der Waals surface area (Å²) < 4.78 is 10.8. The van der Waals surface area contributed by atoms with Crippen molar-refractivity contribution < 1.29 is 24.2 Å². The Bertz CT molecular complexity index is 793. The van der Waals surface area contributed by atoms with Crippen LogP contribution >= 0.6 is 11.3 Å². The number of carbonyl (C=O) groups is 2. The molecule has 144 valence electrons. The fourth-order valence-electron chi connectivity index (χ4n) is 3.15. The highest BCUT2D eigenvalue weighted by molar-refractivity contribution is 7.09. The van der Waals surface area contributed by atoms with Crippen LogP contribution in [0.25, 0.3) is 0 Å². The minimum absolute atomic E-state index is 0.0676. The Labute approximate surface area is 161 Å². The lowest BCUT2D eigenvalue weighted by Gasteiger charge is -2.32. The van der Waals surface area contributed by atoms with Crippen LogP contribution in [0.15, 0.2) is 29.8 Å². The third-order valence-corrected chi connectivity index (χ3v) is 5.29. The number of hydrogen-bond donors (Lipinski definition) is 1. The molecule has 0 radical (unpaired) electrons. The van der Waals surface area contributed by atoms with Gasteiger partial charge in [-0.1, -0.05) is 0 Å². The Morgan fingerprint density at radius 1 is 1.33 bits per heavy atom. The molecule has 0 spiro atoms. The van der Waals surface area contributed by atoms with Gasteiger partial charge in [0.2, 0.25) is 0 Å². The van der Waals surface area contributed by atoms with Gasteiger partial charge in [-0.2, -0.15) is 0 Å². The van der Waals surface area contributed by atoms with Gasteiger partial charge in [-0.25, -0.2) is 9.78 Å². The number of piperidine rings is 1. The summed E-state index contributed by atoms with van der Waals surface area (Å²) in [7, 11) is 0. The van der Waals surface area contributed by atoms with Crippen molar-refractivity contribution in [2.75, 3.05) is 26.3 Å². The number of likely N-dealkylation sites (tertiary alicyclic amines) is 1. The third-order valence-electron chi connectivity index (χ3n) is 4.35. The van der Waals surface area contributed by atoms with Crippen LogP contribution in [-0.4, -0.2) is 53.2 Å². The summed E-state index contributed by atoms with van der Waals surface area (Å²) in [6, 6.07) is 4.86. The number of carboxylic acids is 1. The van der Waals surface area contributed by atoms with Crippen molar-refractivity contribution in [3.05, 3.63) is 40.3 Å². The molecule has 0 bridgehead atoms. The molecular formula is C19H22N2O5S. The van der Waals surface area contributed by atoms with E-state index in [9.17, 15) is 9.59 Å². The quantitative estimate of drug-likeness (QED) is 0.782. The zero-order valence-corrected chi connectivity index (χ0v) is 15.9. The van der Waals surface area contributed by atoms with Gasteiger partial charge in [0.1, 0.15) is 0 Å². The second kappa shape index (κ2) is 8.85. The number of aromatic nitrogens is 1. The maximum atomic E-state index is 13.0. The highest BCUT2D eigenvalue weighted by atomic mass is 32.1. The zero-order valence-electron chi connectivity index (χ0n) is 15.1. The van der Waals surface area contributed by atoms with E-state index in [1.807, 2.05) is 17.2 Å². The molecule has 1 aliphatic rings. The van der Waals surface area contributed by atoms with Crippen molar-refractivity contribution in [1.82, 2.24) is 9.88 Å². The predicted octanol–water partition coefficient (Wildman–Crippen LogP) is 3.03. The van der Waals surface area contributed by atoms with Gasteiger partial charge in [-0.15, -0.1) is 11.3 Å². The summed E-state index contributed by atoms with van der Waals surface area (Å²) in [6.45, 7) is 3.10. The van der Waals surface area contributed by atoms with Crippen molar-refractivity contribution in [3.63, 3.8) is 0 Å². The molecule has 1 amide bonds. The van der Waals surface area contributed by atoms with Crippen LogP contribution < -0.4 is 9.47 Å². The first-order chi connectivity index (χ1) is 13.1. The van der Waals surface area contributed by atoms with Gasteiger partial charge in [-0.3, -0.25) is 4.79 Å². The Kier molecular flexibility index (Phi) is 6.28. The standard InChI is InChI=1S/C19H22N2O5S/c1-2-25-16-10-13(5-6-15(16)26-12-17(22)23)19(24)21-8-3-4-14(11-21)18-20-7-9-27-18/h5-7,9-10,14H,2-4,8,11-12H2,1H3,(H,22,23). The molecule has 27 heavy (non-hydrogen) atoms. The number of benzene rings is 1. The van der Waals surface area contributed by atoms with Crippen LogP contribution in [0, 0.1) is 0 Å². The Hall–Kier alpha value is -2.61. The monoisotopic (exact) mass is 390 g/mol. The second-order valence-corrected chi connectivity index (χ2v) is 7.16. The molecule has 1 saturated heterocycles. The van der Waals surface area contributed by atoms with E-state index in [0.29, 0.717) is 36.8 Å². The van der Waals surface area contributed by atoms with E-state index in [-0.39, 0.29) is 11.8 Å². The fraction of sp³-hybridized carbons (Fsp3) is 0.421. The molecule has 0 aliphatic carbocycles. The Morgan fingerprint density at radius 3 is 2.89 bits per heavy atom. The molecular weight excluding hydrogens is 368 g/mol. The first-order valence-electron chi connectivity index (χ1n) is 8.88. The molecule has 8 heteroatoms. The Balaban J connectivity index is 1.75. The summed E-state index contributed by atoms with van der Waals surface area (Å²) in [4.78, 5) is 29.9. The van der Waals surface area contributed by atoms with Crippen molar-refractivity contribution in [2.45, 2.75) is 25.7 Å². The van der Waals surface area contributed by atoms with Crippen molar-refractivity contribution >= 4 is 23.2 Å². The predicted molar refractivity (Wildman–Crippen MR) is 101 cm³/mol. The van der Waals surface area contributed by atoms with E-state index in [0.717, 1.165) is 17.8 Å². The average molecular weight is 390 g/mol. The lowest BCUT2D eigenvalue weighted by Crippen LogP contribution is -2.39. The van der Waals surface area contributed by atoms with Crippen molar-refractivity contribution in [2.24, 2.45) is 0 Å². The number of nitrogens with zero attached hydrogens (tertiary/aromatic N) is 2. The highest BCUT2D eigenvalue weighted by Crippen LogP contribution is 2.32. The molecule has 1 N–H and O–H groups in total. The smallest absolute Gasteiger partial charge is 0.341 e. The molecule has 7 nitrogen and oxygen atoms in total. The molecule has 3 rings (SSSR count). The van der Waals surface area contributed by atoms with Gasteiger partial charge in [0.05, 0.1) is 11.6 Å². The minimum Gasteiger partial charge on any atom is -0.490 e. The number of thiazole rings is 1. The summed E-state index contributed by atoms with van der Waals surface area (Å²) >= 11 is 1.62. The molecule has 1 unspecified atom stereocenters. The van der Waals surface area contributed by atoms with E-state index in [1.54, 1.807) is 35.7 Å². The zero-order chi connectivity index (χ0) is 19.2. The molecule has 1 aromatic heterocycles. The number of ether oxygens (including phenoxy) is 2. The molecule has 0 saturated carbocycles. The van der Waals surface area contributed by atoms with E-state index in [2.05, 4.69) is 4.98 Å². The van der Waals surface area contributed by atoms with Crippen LogP contribution in [-0.2, 0) is 4.79 Å². The van der Waals surface area contributed by atoms with Gasteiger partial charge in [-0.05, 0) is 38.0 Å². The molecule has 1 aliphatic heterocycles. The van der Waals surface area contributed by atoms with E-state index in [4.69, 9.17) is 14.6 Å². The fourth-order valence-corrected chi connectivity index (χ4v) is 3.92. The molecule has 1 aromatic carbocycles. The molecule has 2 aromatic rings. The van der Waals surface area contributed by atoms with E-state index >= 15 is 0 Å². The van der Waals surface area contributed by atoms with Crippen molar-refractivity contribution in [3.8, 4) is 11.5 Å². The van der Waals surface area contributed by atoms with Gasteiger partial charge in [0.15, 0.2) is 18.1 Å². The highest BCUT2D eigenvalue weighted by Gasteiger charge is 2.27. The number of carboxylic acid groups (broad SMARTS) is 1. The number of hydrogen-bond acceptors (Lipinski definition) is 6. The van der Waals surface area contributed by atoms with Gasteiger partial charge < -0.3 is 19.5 Å². The van der Waals surface area contributed by atoms with Gasteiger partial charge in [0, 0.05) is 36.1 Å². The maximum Gasteiger partial charge on any atom is 0.341 e. The summed E-state index contributed by atoms with van der Waals surface area (Å²) in [5.74, 6) is -0.179. The normalized spacial score (nSPS) is 16.8. The first-order valence-corrected chi connectivity index (χ1v) is 9.76. The first kappa shape index (κ1) is 19.2. The van der Waals surface area contributed by atoms with E-state index in [1.165, 1.54) is 0 Å². The molecule has 2 heterocycles. The number of aliphatic carboxylic acids is 1. The second-order valence-electron chi connectivity index (χ2n) is 6.24. The maximum absolute atomic E-state index is 13.0. The van der Waals surface area contributed by atoms with Crippen LogP contribution in [0.1, 0.15) is 41.0 Å². The van der Waals surface area contributed by atoms with Gasteiger partial charge >= 0.3 is 5.97 Å². The van der Waals surface area contributed by atoms with Crippen LogP contribution in [0.5, 0.6) is 11.5 Å². The summed E-state index contributed by atoms with van der Waals surface area (Å²) in [6.07, 6.45) is 3.77. The van der Waals surface area contributed by atoms with Crippen molar-refractivity contribution in [1.29, 1.82) is 0 Å². The molecule has 1 fully saturated rings. The lowest BCUT2D eigenvalue weighted by atomic mass is 9.98. The topological polar surface area (TPSA) is 89.0 Å². The number of rotatable bonds is 7. The summed E-state index contributed by atoms with van der Waals surface area (Å²) in [5.41, 5.74) is 0.501. The molecule has 1 atom stereocenters. The van der Waals surface area contributed by atoms with E-state index < -0.39 is 12.6 Å². The minimum atomic E-state index is -1.07. The summed E-state index contributed by atoms with van der Waals surface area (Å²) in [5, 5.41) is 11.8. The van der Waals surface area contributed by atoms with Crippen LogP contribution in [0.3, 0.4) is 0 Å². The average Bonchev–Trinajstić information content (AvgIpc) is 3.21. The lowest BCUT2D eigenvalue weighted by molar-refractivity contribution is -0.139. The number of amides is 1. The SMILES string of the molecule is CCOc1cc(C(=O)N2CCCC(c3nccs3)C2)ccc1OCC(=O)O. The third kappa shape index (κ3) is 4.77. The largest absolute Gasteiger partial charge is 0.490 e. The Morgan fingerprint density at radius 2 is 2.19 bits per heavy atom. The van der Waals surface area contributed by atoms with Crippen LogP contribution in [0.4, 0.5) is 0 Å².